The molecule has 10 nitrogen and oxygen atoms in total. The van der Waals surface area contributed by atoms with Crippen LogP contribution in [0.4, 0.5) is 0 Å². The Bertz CT molecular complexity index is 379. The second-order valence-electron chi connectivity index (χ2n) is 5.06. The quantitative estimate of drug-likeness (QED) is 0.0928. The van der Waals surface area contributed by atoms with Crippen molar-refractivity contribution in [1.29, 1.82) is 0 Å². The number of aliphatic hydroxyl groups excluding tert-OH is 8. The molecule has 21 heteroatoms. The predicted octanol–water partition coefficient (Wildman–Crippen LogP) is -5.76. The predicted molar refractivity (Wildman–Crippen MR) is 75.8 cm³/mol. The molecule has 0 aromatic heterocycles. The molecule has 0 aromatic rings. The molecule has 2 saturated heterocycles. The fraction of sp³-hybridized carbons (Fsp3) is 1.00. The summed E-state index contributed by atoms with van der Waals surface area (Å²) in [4.78, 5) is 0. The van der Waals surface area contributed by atoms with Gasteiger partial charge in [0.05, 0.1) is 12.7 Å². The van der Waals surface area contributed by atoms with E-state index in [1.54, 1.807) is 0 Å². The summed E-state index contributed by atoms with van der Waals surface area (Å²) in [7, 11) is 0. The molecule has 10 unspecified atom stereocenters. The van der Waals surface area contributed by atoms with Gasteiger partial charge in [-0.15, -0.1) is 0 Å². The summed E-state index contributed by atoms with van der Waals surface area (Å²) in [6, 6.07) is 0. The van der Waals surface area contributed by atoms with Gasteiger partial charge >= 0.3 is 98.6 Å². The van der Waals surface area contributed by atoms with E-state index >= 15 is 0 Å². The van der Waals surface area contributed by atoms with Gasteiger partial charge in [-0.2, -0.15) is 0 Å². The monoisotopic (exact) mass is 2490 g/mol. The van der Waals surface area contributed by atoms with Gasteiger partial charge in [0.2, 0.25) is 0 Å². The van der Waals surface area contributed by atoms with Crippen molar-refractivity contribution in [2.75, 3.05) is 6.61 Å². The Balaban J connectivity index is -0.0000000369. The van der Waals surface area contributed by atoms with Gasteiger partial charge in [-0.25, -0.2) is 0 Å². The minimum atomic E-state index is -1.43. The first-order chi connectivity index (χ1) is 10.6. The van der Waals surface area contributed by atoms with E-state index in [4.69, 9.17) is 40.5 Å². The van der Waals surface area contributed by atoms with E-state index in [9.17, 15) is 5.11 Å². The maximum atomic E-state index is 9.18. The Hall–Kier alpha value is 13.0. The topological polar surface area (TPSA) is 180 Å². The summed E-state index contributed by atoms with van der Waals surface area (Å²) in [5, 5.41) is 72.1. The fourth-order valence-corrected chi connectivity index (χ4v) is 2.99. The number of ether oxygens (including phenoxy) is 2. The van der Waals surface area contributed by atoms with Crippen LogP contribution in [0.5, 0.6) is 0 Å². The first-order valence-electron chi connectivity index (χ1n) is 6.61. The normalized spacial score (nSPS) is 36.6. The summed E-state index contributed by atoms with van der Waals surface area (Å²) < 4.78 is 8.86. The first-order valence-corrected chi connectivity index (χ1v) is 8.43. The van der Waals surface area contributed by atoms with Crippen molar-refractivity contribution < 1.29 is 425 Å². The van der Waals surface area contributed by atoms with Crippen molar-refractivity contribution in [2.24, 2.45) is 0 Å². The van der Waals surface area contributed by atoms with Crippen LogP contribution in [0.1, 0.15) is 0 Å². The van der Waals surface area contributed by atoms with Crippen LogP contribution in [0, 0.1) is 352 Å². The van der Waals surface area contributed by atoms with Crippen molar-refractivity contribution in [3.05, 3.63) is 0 Å². The van der Waals surface area contributed by atoms with Crippen LogP contribution >= 0.6 is 0 Å². The molecule has 2 fully saturated rings. The van der Waals surface area contributed by atoms with E-state index in [-0.39, 0.29) is 375 Å². The van der Waals surface area contributed by atoms with Crippen LogP contribution in [0.25, 0.3) is 0 Å². The molecule has 9 radical (unpaired) electrons. The molecular formula is C11H20Ac8AuO10STe. The maximum absolute atomic E-state index is 9.18. The van der Waals surface area contributed by atoms with Gasteiger partial charge in [0.25, 0.3) is 0 Å². The van der Waals surface area contributed by atoms with Gasteiger partial charge in [-0.3, -0.25) is 0 Å². The molecule has 2 aliphatic rings. The minimum absolute atomic E-state index is 0. The largest absolute Gasteiger partial charge is 1.00 e. The van der Waals surface area contributed by atoms with Gasteiger partial charge in [-0.1, -0.05) is 0 Å². The average molecular weight is 2480 g/mol. The molecule has 2 rings (SSSR count). The van der Waals surface area contributed by atoms with Crippen LogP contribution in [-0.2, 0) is 44.5 Å². The zero-order valence-corrected chi connectivity index (χ0v) is 59.9. The molecule has 32 heavy (non-hydrogen) atoms. The molecule has 8 N–H and O–H groups in total. The van der Waals surface area contributed by atoms with Gasteiger partial charge in [0.15, 0.2) is 0 Å². The summed E-state index contributed by atoms with van der Waals surface area (Å²) in [6.07, 6.45) is -10.1. The summed E-state index contributed by atoms with van der Waals surface area (Å²) in [5.41, 5.74) is -0.986. The molecule has 0 aromatic carbocycles. The molecule has 10 atom stereocenters. The maximum Gasteiger partial charge on any atom is 1.00 e. The molecule has 2 aliphatic heterocycles. The summed E-state index contributed by atoms with van der Waals surface area (Å²) in [6.45, 7) is -0.432. The van der Waals surface area contributed by atoms with Crippen LogP contribution in [0.15, 0.2) is 0 Å². The Morgan fingerprint density at radius 1 is 0.594 bits per heavy atom. The molecule has 0 aliphatic carbocycles. The van der Waals surface area contributed by atoms with Crippen LogP contribution in [0.3, 0.4) is 0 Å². The van der Waals surface area contributed by atoms with Crippen LogP contribution < -0.4 is 0 Å². The van der Waals surface area contributed by atoms with Crippen molar-refractivity contribution >= 4 is 34.9 Å². The third-order valence-electron chi connectivity index (χ3n) is 3.39. The molecule has 0 amide bonds. The number of rotatable bonds is 1. The minimum Gasteiger partial charge on any atom is -0.759 e. The second-order valence-corrected chi connectivity index (χ2v) is 6.85. The van der Waals surface area contributed by atoms with Gasteiger partial charge in [0, 0.05) is 352 Å². The molecule has 0 spiro atoms. The Labute approximate surface area is 508 Å². The van der Waals surface area contributed by atoms with E-state index in [2.05, 4.69) is 17.4 Å². The van der Waals surface area contributed by atoms with E-state index < -0.39 is 65.2 Å². The molecular weight excluding hydrogens is 2460 g/mol. The molecule has 0 bridgehead atoms. The van der Waals surface area contributed by atoms with Gasteiger partial charge < -0.3 is 37.8 Å². The molecule has 2 heterocycles. The van der Waals surface area contributed by atoms with E-state index in [0.717, 1.165) is 0 Å². The second kappa shape index (κ2) is 38.5. The zero-order valence-electron chi connectivity index (χ0n) is 16.6. The van der Waals surface area contributed by atoms with E-state index in [0.29, 0.717) is 0 Å². The van der Waals surface area contributed by atoms with Crippen molar-refractivity contribution in [3.8, 4) is 0 Å². The van der Waals surface area contributed by atoms with E-state index in [1.807, 2.05) is 0 Å². The molecule has 171 valence electrons. The van der Waals surface area contributed by atoms with Crippen molar-refractivity contribution in [2.45, 2.75) is 58.6 Å². The third-order valence-corrected chi connectivity index (χ3v) is 4.90. The third kappa shape index (κ3) is 25.1. The number of aliphatic hydroxyl groups is 8. The van der Waals surface area contributed by atoms with Crippen LogP contribution in [0.2, 0.25) is 0 Å². The van der Waals surface area contributed by atoms with Crippen molar-refractivity contribution in [1.82, 2.24) is 0 Å². The summed E-state index contributed by atoms with van der Waals surface area (Å²) in [5.74, 6) is 0. The summed E-state index contributed by atoms with van der Waals surface area (Å²) >= 11 is 6.06. The van der Waals surface area contributed by atoms with Crippen molar-refractivity contribution in [3.63, 3.8) is 0 Å². The SMILES string of the molecule is OC1OC([Te])C(O)C(O)C1O.OCC1OC([S-])C(O)C(O)C1O.[Ac].[Ac].[Ac].[Ac].[Ac].[Ac].[Ac].[Ac].[Au+]. The smallest absolute Gasteiger partial charge is 0.759 e. The first kappa shape index (κ1) is 67.2. The van der Waals surface area contributed by atoms with Crippen LogP contribution in [-0.4, -0.2) is 128 Å². The molecule has 0 saturated carbocycles. The average Bonchev–Trinajstić information content (AvgIpc) is 2.53. The number of hydrogen-bond acceptors (Lipinski definition) is 11. The number of hydrogen-bond donors (Lipinski definition) is 8. The Kier molecular flexibility index (Phi) is 80.8. The fourth-order valence-electron chi connectivity index (χ4n) is 1.90. The Morgan fingerprint density at radius 3 is 1.34 bits per heavy atom. The Morgan fingerprint density at radius 2 is 0.969 bits per heavy atom. The standard InChI is InChI=1S/C6H12O5S.C5H9O5Te.8Ac.Au/c7-1-2-3(8)4(9)5(10)6(12)11-2;6-1-2(7)4(9)10-5(11)3(1)8;;;;;;;;;/h2-10,12H,1H2;1-9H;;;;;;;;;/q;;;;;;;;;;+1/p-1. The van der Waals surface area contributed by atoms with Gasteiger partial charge in [-0.05, 0) is 5.44 Å². The zero-order chi connectivity index (χ0) is 17.9. The van der Waals surface area contributed by atoms with E-state index in [1.165, 1.54) is 22.3 Å². The van der Waals surface area contributed by atoms with Gasteiger partial charge in [0.1, 0.15) is 18.3 Å².